The first-order chi connectivity index (χ1) is 13.0. The summed E-state index contributed by atoms with van der Waals surface area (Å²) < 4.78 is 5.55. The van der Waals surface area contributed by atoms with Gasteiger partial charge in [0, 0.05) is 31.3 Å². The maximum absolute atomic E-state index is 12.6. The lowest BCUT2D eigenvalue weighted by Gasteiger charge is -2.27. The lowest BCUT2D eigenvalue weighted by atomic mass is 9.85. The molecule has 0 bridgehead atoms. The van der Waals surface area contributed by atoms with Gasteiger partial charge in [0.25, 0.3) is 0 Å². The molecule has 0 aromatic carbocycles. The van der Waals surface area contributed by atoms with Crippen LogP contribution in [0.5, 0.6) is 0 Å². The second kappa shape index (κ2) is 8.67. The number of carbonyl (C=O) groups excluding carboxylic acids is 2. The number of carbonyl (C=O) groups is 2. The maximum atomic E-state index is 12.6. The molecular formula is C20H30N4O3. The Hall–Kier alpha value is -2.18. The predicted molar refractivity (Wildman–Crippen MR) is 102 cm³/mol. The second-order valence-corrected chi connectivity index (χ2v) is 7.63. The van der Waals surface area contributed by atoms with Crippen LogP contribution in [-0.4, -0.2) is 40.5 Å². The minimum absolute atomic E-state index is 0.0768. The molecule has 1 aromatic heterocycles. The van der Waals surface area contributed by atoms with Crippen molar-refractivity contribution in [3.8, 4) is 0 Å². The average Bonchev–Trinajstić information content (AvgIpc) is 3.23. The van der Waals surface area contributed by atoms with Crippen LogP contribution < -0.4 is 10.6 Å². The molecule has 1 aliphatic heterocycles. The number of nitrogens with zero attached hydrogens (tertiary/aromatic N) is 2. The van der Waals surface area contributed by atoms with Gasteiger partial charge in [-0.05, 0) is 39.0 Å². The van der Waals surface area contributed by atoms with E-state index in [4.69, 9.17) is 4.74 Å². The van der Waals surface area contributed by atoms with Crippen LogP contribution in [0.25, 0.3) is 0 Å². The van der Waals surface area contributed by atoms with E-state index in [1.807, 2.05) is 13.0 Å². The highest BCUT2D eigenvalue weighted by molar-refractivity contribution is 5.87. The molecule has 1 saturated heterocycles. The number of ether oxygens (including phenoxy) is 1. The molecule has 27 heavy (non-hydrogen) atoms. The Morgan fingerprint density at radius 3 is 2.81 bits per heavy atom. The first-order valence-electron chi connectivity index (χ1n) is 10.1. The number of hydrogen-bond donors (Lipinski definition) is 2. The van der Waals surface area contributed by atoms with Crippen molar-refractivity contribution in [1.82, 2.24) is 15.3 Å². The fourth-order valence-corrected chi connectivity index (χ4v) is 4.11. The van der Waals surface area contributed by atoms with Crippen molar-refractivity contribution in [3.63, 3.8) is 0 Å². The molecule has 3 rings (SSSR count). The van der Waals surface area contributed by atoms with Crippen molar-refractivity contribution < 1.29 is 14.3 Å². The van der Waals surface area contributed by atoms with Gasteiger partial charge in [-0.2, -0.15) is 0 Å². The highest BCUT2D eigenvalue weighted by atomic mass is 16.6. The summed E-state index contributed by atoms with van der Waals surface area (Å²) in [6.07, 6.45) is 6.90. The summed E-state index contributed by atoms with van der Waals surface area (Å²) in [5.41, 5.74) is 0.388. The molecule has 2 heterocycles. The van der Waals surface area contributed by atoms with Gasteiger partial charge in [0.1, 0.15) is 17.2 Å². The third-order valence-electron chi connectivity index (χ3n) is 5.47. The van der Waals surface area contributed by atoms with Crippen molar-refractivity contribution in [1.29, 1.82) is 0 Å². The number of hydrogen-bond acceptors (Lipinski definition) is 6. The fourth-order valence-electron chi connectivity index (χ4n) is 4.11. The van der Waals surface area contributed by atoms with Gasteiger partial charge in [-0.1, -0.05) is 13.3 Å². The van der Waals surface area contributed by atoms with Gasteiger partial charge >= 0.3 is 5.97 Å². The van der Waals surface area contributed by atoms with Gasteiger partial charge in [-0.3, -0.25) is 9.59 Å². The summed E-state index contributed by atoms with van der Waals surface area (Å²) in [5, 5.41) is 6.21. The summed E-state index contributed by atoms with van der Waals surface area (Å²) in [6, 6.07) is 1.91. The lowest BCUT2D eigenvalue weighted by Crippen LogP contribution is -2.43. The highest BCUT2D eigenvalue weighted by Crippen LogP contribution is 2.45. The van der Waals surface area contributed by atoms with Crippen LogP contribution in [-0.2, 0) is 20.7 Å². The van der Waals surface area contributed by atoms with Crippen LogP contribution in [0.1, 0.15) is 63.4 Å². The number of aryl methyl sites for hydroxylation is 2. The largest absolute Gasteiger partial charge is 0.458 e. The smallest absolute Gasteiger partial charge is 0.307 e. The van der Waals surface area contributed by atoms with Crippen LogP contribution in [0.15, 0.2) is 6.07 Å². The minimum Gasteiger partial charge on any atom is -0.458 e. The number of aromatic nitrogens is 2. The Kier molecular flexibility index (Phi) is 6.29. The van der Waals surface area contributed by atoms with Crippen LogP contribution in [0, 0.1) is 12.8 Å². The molecule has 1 unspecified atom stereocenters. The van der Waals surface area contributed by atoms with Crippen molar-refractivity contribution in [3.05, 3.63) is 17.6 Å². The Morgan fingerprint density at radius 1 is 1.30 bits per heavy atom. The third-order valence-corrected chi connectivity index (χ3v) is 5.47. The Morgan fingerprint density at radius 2 is 2.07 bits per heavy atom. The van der Waals surface area contributed by atoms with Crippen LogP contribution in [0.4, 0.5) is 5.82 Å². The van der Waals surface area contributed by atoms with E-state index in [9.17, 15) is 9.59 Å². The lowest BCUT2D eigenvalue weighted by molar-refractivity contribution is -0.149. The SMILES string of the molecule is CCCCc1nc(C)cc(NCCNC(=O)C2CC(=O)OC23CCCC3)n1. The molecule has 2 N–H and O–H groups in total. The van der Waals surface area contributed by atoms with Crippen molar-refractivity contribution in [2.24, 2.45) is 5.92 Å². The molecule has 1 atom stereocenters. The van der Waals surface area contributed by atoms with E-state index in [-0.39, 0.29) is 24.2 Å². The molecule has 1 aromatic rings. The van der Waals surface area contributed by atoms with E-state index in [1.165, 1.54) is 0 Å². The molecule has 2 aliphatic rings. The number of unbranched alkanes of at least 4 members (excludes halogenated alkanes) is 1. The van der Waals surface area contributed by atoms with Crippen molar-refractivity contribution in [2.45, 2.75) is 70.8 Å². The normalized spacial score (nSPS) is 20.7. The molecule has 7 nitrogen and oxygen atoms in total. The summed E-state index contributed by atoms with van der Waals surface area (Å²) in [5.74, 6) is 0.968. The average molecular weight is 374 g/mol. The first kappa shape index (κ1) is 19.6. The zero-order valence-electron chi connectivity index (χ0n) is 16.3. The van der Waals surface area contributed by atoms with E-state index >= 15 is 0 Å². The van der Waals surface area contributed by atoms with E-state index in [0.29, 0.717) is 13.1 Å². The monoisotopic (exact) mass is 374 g/mol. The Labute approximate surface area is 160 Å². The highest BCUT2D eigenvalue weighted by Gasteiger charge is 2.53. The summed E-state index contributed by atoms with van der Waals surface area (Å²) in [6.45, 7) is 5.16. The first-order valence-corrected chi connectivity index (χ1v) is 10.1. The molecular weight excluding hydrogens is 344 g/mol. The summed E-state index contributed by atoms with van der Waals surface area (Å²) >= 11 is 0. The zero-order valence-corrected chi connectivity index (χ0v) is 16.3. The van der Waals surface area contributed by atoms with Gasteiger partial charge < -0.3 is 15.4 Å². The number of anilines is 1. The molecule has 7 heteroatoms. The molecule has 1 saturated carbocycles. The van der Waals surface area contributed by atoms with Crippen molar-refractivity contribution >= 4 is 17.7 Å². The topological polar surface area (TPSA) is 93.2 Å². The molecule has 2 fully saturated rings. The quantitative estimate of drug-likeness (QED) is 0.536. The Balaban J connectivity index is 1.48. The van der Waals surface area contributed by atoms with Gasteiger partial charge in [-0.25, -0.2) is 9.97 Å². The maximum Gasteiger partial charge on any atom is 0.307 e. The minimum atomic E-state index is -0.549. The molecule has 1 aliphatic carbocycles. The van der Waals surface area contributed by atoms with Gasteiger partial charge in [-0.15, -0.1) is 0 Å². The van der Waals surface area contributed by atoms with Crippen LogP contribution in [0.3, 0.4) is 0 Å². The standard InChI is InChI=1S/C20H30N4O3/c1-3-4-7-16-23-14(2)12-17(24-16)21-10-11-22-19(26)15-13-18(25)27-20(15)8-5-6-9-20/h12,15H,3-11,13H2,1-2H3,(H,22,26)(H,21,23,24). The fraction of sp³-hybridized carbons (Fsp3) is 0.700. The zero-order chi connectivity index (χ0) is 19.3. The molecule has 0 radical (unpaired) electrons. The molecule has 1 spiro atoms. The third kappa shape index (κ3) is 4.76. The van der Waals surface area contributed by atoms with Crippen LogP contribution >= 0.6 is 0 Å². The number of rotatable bonds is 8. The van der Waals surface area contributed by atoms with Gasteiger partial charge in [0.05, 0.1) is 12.3 Å². The second-order valence-electron chi connectivity index (χ2n) is 7.63. The van der Waals surface area contributed by atoms with E-state index < -0.39 is 5.60 Å². The number of amides is 1. The Bertz CT molecular complexity index is 686. The predicted octanol–water partition coefficient (Wildman–Crippen LogP) is 2.53. The van der Waals surface area contributed by atoms with Gasteiger partial charge in [0.2, 0.25) is 5.91 Å². The van der Waals surface area contributed by atoms with Crippen LogP contribution in [0.2, 0.25) is 0 Å². The van der Waals surface area contributed by atoms with Gasteiger partial charge in [0.15, 0.2) is 0 Å². The van der Waals surface area contributed by atoms with E-state index in [2.05, 4.69) is 27.5 Å². The van der Waals surface area contributed by atoms with E-state index in [1.54, 1.807) is 0 Å². The molecule has 1 amide bonds. The molecule has 148 valence electrons. The summed E-state index contributed by atoms with van der Waals surface area (Å²) in [4.78, 5) is 33.3. The van der Waals surface area contributed by atoms with E-state index in [0.717, 1.165) is 62.3 Å². The van der Waals surface area contributed by atoms with Crippen molar-refractivity contribution in [2.75, 3.05) is 18.4 Å². The number of nitrogens with one attached hydrogen (secondary N) is 2. The summed E-state index contributed by atoms with van der Waals surface area (Å²) in [7, 11) is 0. The number of esters is 1.